The molecule has 0 radical (unpaired) electrons. The summed E-state index contributed by atoms with van der Waals surface area (Å²) in [6.07, 6.45) is 0. The molecule has 1 rings (SSSR count). The van der Waals surface area contributed by atoms with Crippen molar-refractivity contribution >= 4 is 34.8 Å². The molecule has 0 saturated carbocycles. The number of rotatable bonds is 5. The van der Waals surface area contributed by atoms with E-state index >= 15 is 0 Å². The van der Waals surface area contributed by atoms with Crippen LogP contribution in [0.3, 0.4) is 0 Å². The van der Waals surface area contributed by atoms with E-state index in [0.717, 1.165) is 4.88 Å². The number of amides is 2. The van der Waals surface area contributed by atoms with Gasteiger partial charge < -0.3 is 10.6 Å². The molecule has 4 N–H and O–H groups in total. The first-order valence-electron chi connectivity index (χ1n) is 5.17. The van der Waals surface area contributed by atoms with Gasteiger partial charge in [0.05, 0.1) is 18.2 Å². The molecule has 0 bridgehead atoms. The fourth-order valence-electron chi connectivity index (χ4n) is 1.34. The lowest BCUT2D eigenvalue weighted by atomic mass is 10.2. The minimum absolute atomic E-state index is 0.150. The molecule has 2 amide bonds. The Kier molecular flexibility index (Phi) is 5.54. The molecule has 1 unspecified atom stereocenters. The van der Waals surface area contributed by atoms with Crippen molar-refractivity contribution in [3.05, 3.63) is 20.8 Å². The SMILES string of the molecule is CNCC(=O)NC(C)c1cc(C(=O)NO)c(Cl)s1. The molecule has 100 valence electrons. The Morgan fingerprint density at radius 2 is 2.22 bits per heavy atom. The normalized spacial score (nSPS) is 12.0. The van der Waals surface area contributed by atoms with Crippen LogP contribution in [-0.2, 0) is 4.79 Å². The van der Waals surface area contributed by atoms with Crippen molar-refractivity contribution in [1.82, 2.24) is 16.1 Å². The number of hydrogen-bond donors (Lipinski definition) is 4. The Balaban J connectivity index is 2.78. The first-order valence-corrected chi connectivity index (χ1v) is 6.36. The number of halogens is 1. The van der Waals surface area contributed by atoms with Crippen LogP contribution in [0, 0.1) is 0 Å². The molecule has 8 heteroatoms. The third kappa shape index (κ3) is 3.67. The Bertz CT molecular complexity index is 450. The van der Waals surface area contributed by atoms with E-state index in [9.17, 15) is 9.59 Å². The standard InChI is InChI=1S/C10H14ClN3O3S/c1-5(13-8(15)4-12-2)7-3-6(9(11)18-7)10(16)14-17/h3,5,12,17H,4H2,1-2H3,(H,13,15)(H,14,16). The van der Waals surface area contributed by atoms with Gasteiger partial charge in [0.1, 0.15) is 4.34 Å². The van der Waals surface area contributed by atoms with Crippen molar-refractivity contribution in [2.45, 2.75) is 13.0 Å². The number of hydrogen-bond acceptors (Lipinski definition) is 5. The highest BCUT2D eigenvalue weighted by Gasteiger charge is 2.18. The fourth-order valence-corrected chi connectivity index (χ4v) is 2.63. The average molecular weight is 292 g/mol. The largest absolute Gasteiger partial charge is 0.348 e. The van der Waals surface area contributed by atoms with E-state index in [-0.39, 0.29) is 28.4 Å². The van der Waals surface area contributed by atoms with Gasteiger partial charge in [-0.2, -0.15) is 0 Å². The molecule has 0 aliphatic heterocycles. The van der Waals surface area contributed by atoms with Crippen molar-refractivity contribution in [3.8, 4) is 0 Å². The Morgan fingerprint density at radius 3 is 2.78 bits per heavy atom. The molecule has 1 aromatic rings. The van der Waals surface area contributed by atoms with E-state index in [0.29, 0.717) is 0 Å². The van der Waals surface area contributed by atoms with E-state index in [1.807, 2.05) is 0 Å². The molecule has 1 atom stereocenters. The lowest BCUT2D eigenvalue weighted by Gasteiger charge is -2.11. The molecule has 1 aromatic heterocycles. The summed E-state index contributed by atoms with van der Waals surface area (Å²) in [5.41, 5.74) is 1.71. The van der Waals surface area contributed by atoms with Gasteiger partial charge in [0, 0.05) is 4.88 Å². The molecule has 1 heterocycles. The lowest BCUT2D eigenvalue weighted by molar-refractivity contribution is -0.120. The third-order valence-electron chi connectivity index (χ3n) is 2.19. The Morgan fingerprint density at radius 1 is 1.56 bits per heavy atom. The average Bonchev–Trinajstić information content (AvgIpc) is 2.70. The molecule has 6 nitrogen and oxygen atoms in total. The summed E-state index contributed by atoms with van der Waals surface area (Å²) in [4.78, 5) is 23.4. The topological polar surface area (TPSA) is 90.5 Å². The minimum Gasteiger partial charge on any atom is -0.348 e. The maximum absolute atomic E-state index is 11.4. The predicted octanol–water partition coefficient (Wildman–Crippen LogP) is 0.917. The number of likely N-dealkylation sites (N-methyl/N-ethyl adjacent to an activating group) is 1. The molecular weight excluding hydrogens is 278 g/mol. The summed E-state index contributed by atoms with van der Waals surface area (Å²) in [5.74, 6) is -0.820. The van der Waals surface area contributed by atoms with Crippen LogP contribution in [0.5, 0.6) is 0 Å². The molecule has 0 saturated heterocycles. The highest BCUT2D eigenvalue weighted by atomic mass is 35.5. The molecular formula is C10H14ClN3O3S. The second-order valence-corrected chi connectivity index (χ2v) is 5.28. The summed E-state index contributed by atoms with van der Waals surface area (Å²) in [6, 6.07) is 1.29. The predicted molar refractivity (Wildman–Crippen MR) is 69.1 cm³/mol. The van der Waals surface area contributed by atoms with E-state index in [1.165, 1.54) is 16.8 Å². The van der Waals surface area contributed by atoms with Crippen LogP contribution in [0.2, 0.25) is 4.34 Å². The summed E-state index contributed by atoms with van der Waals surface area (Å²) in [6.45, 7) is 2.00. The van der Waals surface area contributed by atoms with Gasteiger partial charge in [0.25, 0.3) is 5.91 Å². The van der Waals surface area contributed by atoms with Gasteiger partial charge in [0.15, 0.2) is 0 Å². The minimum atomic E-state index is -0.670. The van der Waals surface area contributed by atoms with Crippen LogP contribution < -0.4 is 16.1 Å². The van der Waals surface area contributed by atoms with Crippen molar-refractivity contribution in [3.63, 3.8) is 0 Å². The van der Waals surface area contributed by atoms with E-state index < -0.39 is 5.91 Å². The zero-order chi connectivity index (χ0) is 13.7. The summed E-state index contributed by atoms with van der Waals surface area (Å²) in [7, 11) is 1.68. The maximum Gasteiger partial charge on any atom is 0.277 e. The first kappa shape index (κ1) is 14.9. The van der Waals surface area contributed by atoms with Crippen molar-refractivity contribution in [2.75, 3.05) is 13.6 Å². The van der Waals surface area contributed by atoms with Gasteiger partial charge in [0.2, 0.25) is 5.91 Å². The van der Waals surface area contributed by atoms with Gasteiger partial charge in [-0.1, -0.05) is 11.6 Å². The third-order valence-corrected chi connectivity index (χ3v) is 3.73. The van der Waals surface area contributed by atoms with Crippen molar-refractivity contribution < 1.29 is 14.8 Å². The van der Waals surface area contributed by atoms with Crippen LogP contribution in [0.25, 0.3) is 0 Å². The molecule has 18 heavy (non-hydrogen) atoms. The van der Waals surface area contributed by atoms with E-state index in [2.05, 4.69) is 10.6 Å². The summed E-state index contributed by atoms with van der Waals surface area (Å²) >= 11 is 7.07. The number of carbonyl (C=O) groups is 2. The van der Waals surface area contributed by atoms with Crippen molar-refractivity contribution in [2.24, 2.45) is 0 Å². The molecule has 0 fully saturated rings. The number of hydroxylamine groups is 1. The van der Waals surface area contributed by atoms with Gasteiger partial charge >= 0.3 is 0 Å². The molecule has 0 spiro atoms. The van der Waals surface area contributed by atoms with Gasteiger partial charge in [-0.25, -0.2) is 5.48 Å². The van der Waals surface area contributed by atoms with Crippen LogP contribution in [0.15, 0.2) is 6.07 Å². The molecule has 0 aliphatic carbocycles. The maximum atomic E-state index is 11.4. The van der Waals surface area contributed by atoms with Gasteiger partial charge in [-0.3, -0.25) is 14.8 Å². The number of carbonyl (C=O) groups excluding carboxylic acids is 2. The summed E-state index contributed by atoms with van der Waals surface area (Å²) < 4.78 is 0.270. The Hall–Kier alpha value is -1.15. The van der Waals surface area contributed by atoms with E-state index in [1.54, 1.807) is 20.0 Å². The highest BCUT2D eigenvalue weighted by Crippen LogP contribution is 2.31. The second-order valence-electron chi connectivity index (χ2n) is 3.60. The van der Waals surface area contributed by atoms with E-state index in [4.69, 9.17) is 16.8 Å². The summed E-state index contributed by atoms with van der Waals surface area (Å²) in [5, 5.41) is 14.0. The zero-order valence-electron chi connectivity index (χ0n) is 9.91. The number of thiophene rings is 1. The van der Waals surface area contributed by atoms with Crippen LogP contribution in [-0.4, -0.2) is 30.6 Å². The zero-order valence-corrected chi connectivity index (χ0v) is 11.5. The lowest BCUT2D eigenvalue weighted by Crippen LogP contribution is -2.33. The Labute approximate surface area is 113 Å². The fraction of sp³-hybridized carbons (Fsp3) is 0.400. The molecule has 0 aliphatic rings. The second kappa shape index (κ2) is 6.69. The smallest absolute Gasteiger partial charge is 0.277 e. The quantitative estimate of drug-likeness (QED) is 0.480. The van der Waals surface area contributed by atoms with Gasteiger partial charge in [-0.05, 0) is 20.0 Å². The van der Waals surface area contributed by atoms with Crippen LogP contribution in [0.1, 0.15) is 28.2 Å². The number of nitrogens with one attached hydrogen (secondary N) is 3. The van der Waals surface area contributed by atoms with Crippen LogP contribution in [0.4, 0.5) is 0 Å². The van der Waals surface area contributed by atoms with Crippen molar-refractivity contribution in [1.29, 1.82) is 0 Å². The monoisotopic (exact) mass is 291 g/mol. The molecule has 0 aromatic carbocycles. The highest BCUT2D eigenvalue weighted by molar-refractivity contribution is 7.16. The van der Waals surface area contributed by atoms with Gasteiger partial charge in [-0.15, -0.1) is 11.3 Å². The van der Waals surface area contributed by atoms with Crippen LogP contribution >= 0.6 is 22.9 Å². The first-order chi connectivity index (χ1) is 8.49.